The van der Waals surface area contributed by atoms with Crippen LogP contribution in [0.3, 0.4) is 0 Å². The number of hydrogen-bond donors (Lipinski definition) is 5. The molecule has 3 saturated carbocycles. The van der Waals surface area contributed by atoms with Gasteiger partial charge in [-0.15, -0.1) is 0 Å². The normalized spacial score (nSPS) is 51.9. The van der Waals surface area contributed by atoms with Crippen molar-refractivity contribution in [1.29, 1.82) is 0 Å². The Bertz CT molecular complexity index is 1010. The van der Waals surface area contributed by atoms with Crippen molar-refractivity contribution >= 4 is 11.8 Å². The summed E-state index contributed by atoms with van der Waals surface area (Å²) < 4.78 is 5.34. The Morgan fingerprint density at radius 2 is 1.78 bits per heavy atom. The largest absolute Gasteiger partial charge is 0.462 e. The van der Waals surface area contributed by atoms with E-state index in [4.69, 9.17) is 4.74 Å². The molecule has 4 fully saturated rings. The van der Waals surface area contributed by atoms with E-state index in [0.717, 1.165) is 0 Å². The van der Waals surface area contributed by atoms with Crippen LogP contribution in [0.2, 0.25) is 0 Å². The Morgan fingerprint density at radius 1 is 1.11 bits per heavy atom. The number of ketones is 1. The van der Waals surface area contributed by atoms with Gasteiger partial charge < -0.3 is 30.3 Å². The highest BCUT2D eigenvalue weighted by molar-refractivity contribution is 5.95. The highest BCUT2D eigenvalue weighted by Crippen LogP contribution is 2.68. The molecule has 8 nitrogen and oxygen atoms in total. The number of hydrogen-bond acceptors (Lipinski definition) is 8. The number of aliphatic hydroxyl groups is 5. The first kappa shape index (κ1) is 27.3. The second kappa shape index (κ2) is 8.59. The smallest absolute Gasteiger partial charge is 0.309 e. The maximum absolute atomic E-state index is 13.3. The van der Waals surface area contributed by atoms with E-state index in [1.807, 2.05) is 20.8 Å². The van der Waals surface area contributed by atoms with E-state index in [2.05, 4.69) is 0 Å². The van der Waals surface area contributed by atoms with Crippen LogP contribution in [-0.4, -0.2) is 72.9 Å². The van der Waals surface area contributed by atoms with Crippen LogP contribution in [0.4, 0.5) is 0 Å². The fourth-order valence-corrected chi connectivity index (χ4v) is 9.39. The third-order valence-electron chi connectivity index (χ3n) is 11.9. The van der Waals surface area contributed by atoms with Gasteiger partial charge in [-0.2, -0.15) is 0 Å². The van der Waals surface area contributed by atoms with Crippen molar-refractivity contribution < 1.29 is 39.9 Å². The molecule has 0 spiro atoms. The lowest BCUT2D eigenvalue weighted by atomic mass is 9.45. The van der Waals surface area contributed by atoms with Crippen LogP contribution in [-0.2, 0) is 14.3 Å². The molecule has 208 valence electrons. The van der Waals surface area contributed by atoms with Crippen LogP contribution in [0.5, 0.6) is 0 Å². The Hall–Kier alpha value is -1.32. The molecule has 8 heteroatoms. The topological polar surface area (TPSA) is 145 Å². The molecular weight excluding hydrogens is 476 g/mol. The van der Waals surface area contributed by atoms with Gasteiger partial charge in [0, 0.05) is 17.3 Å². The lowest BCUT2D eigenvalue weighted by molar-refractivity contribution is -0.178. The van der Waals surface area contributed by atoms with Crippen LogP contribution >= 0.6 is 0 Å². The van der Waals surface area contributed by atoms with Crippen LogP contribution in [0.25, 0.3) is 0 Å². The molecule has 5 aliphatic rings. The summed E-state index contributed by atoms with van der Waals surface area (Å²) in [5.74, 6) is -1.88. The number of allylic oxidation sites excluding steroid dienone is 1. The highest BCUT2D eigenvalue weighted by atomic mass is 16.6. The fourth-order valence-electron chi connectivity index (χ4n) is 9.39. The third kappa shape index (κ3) is 3.65. The summed E-state index contributed by atoms with van der Waals surface area (Å²) in [5.41, 5.74) is -3.47. The minimum atomic E-state index is -1.52. The summed E-state index contributed by atoms with van der Waals surface area (Å²) in [6.45, 7) is 9.21. The van der Waals surface area contributed by atoms with Crippen molar-refractivity contribution in [1.82, 2.24) is 0 Å². The summed E-state index contributed by atoms with van der Waals surface area (Å²) in [7, 11) is 0. The number of carbonyl (C=O) groups excluding carboxylic acids is 2. The molecule has 4 aliphatic carbocycles. The predicted octanol–water partition coefficient (Wildman–Crippen LogP) is 1.89. The average Bonchev–Trinajstić information content (AvgIpc) is 3.23. The summed E-state index contributed by atoms with van der Waals surface area (Å²) in [4.78, 5) is 25.4. The molecule has 0 bridgehead atoms. The standard InChI is InChI=1S/C29H44O8/c1-14-16(15(2)37-25(14)34)10-24(33)28(5,35)23-7-9-29(36)18-11-20(30)19-12-21(31)22(32)13-26(19,3)17(18)6-8-27(23,29)4/h11,14-17,19,21-24,31-33,35-36H,6-10,12-13H2,1-5H3/t14-,15+,16+,17-,19+,21+,22-,23-,24-,26-,27+,28-,29-/m1/s1. The van der Waals surface area contributed by atoms with Crippen molar-refractivity contribution in [2.45, 2.75) is 115 Å². The van der Waals surface area contributed by atoms with Gasteiger partial charge in [-0.05, 0) is 87.7 Å². The van der Waals surface area contributed by atoms with Crippen LogP contribution in [0, 0.1) is 40.4 Å². The van der Waals surface area contributed by atoms with Gasteiger partial charge in [-0.1, -0.05) is 20.8 Å². The Morgan fingerprint density at radius 3 is 2.41 bits per heavy atom. The molecule has 0 amide bonds. The van der Waals surface area contributed by atoms with Gasteiger partial charge in [0.05, 0.1) is 35.4 Å². The summed E-state index contributed by atoms with van der Waals surface area (Å²) in [5, 5.41) is 56.2. The Labute approximate surface area is 219 Å². The zero-order chi connectivity index (χ0) is 27.3. The molecule has 5 N–H and O–H groups in total. The number of cyclic esters (lactones) is 1. The summed E-state index contributed by atoms with van der Waals surface area (Å²) in [6, 6.07) is 0. The van der Waals surface area contributed by atoms with Crippen molar-refractivity contribution in [2.75, 3.05) is 0 Å². The number of rotatable bonds is 4. The lowest BCUT2D eigenvalue weighted by Crippen LogP contribution is -2.63. The third-order valence-corrected chi connectivity index (χ3v) is 11.9. The van der Waals surface area contributed by atoms with Crippen LogP contribution < -0.4 is 0 Å². The van der Waals surface area contributed by atoms with E-state index < -0.39 is 52.2 Å². The SMILES string of the molecule is C[C@@H]1OC(=O)[C@H](C)[C@@H]1C[C@@H](O)[C@](C)(O)[C@@H]1CC[C@@]2(O)C3=CC(=O)[C@@H]4C[C@H](O)[C@H](O)C[C@]4(C)[C@@H]3CC[C@@]12C. The molecule has 0 aromatic rings. The molecule has 1 heterocycles. The molecular formula is C29H44O8. The molecule has 13 atom stereocenters. The van der Waals surface area contributed by atoms with Crippen LogP contribution in [0.1, 0.15) is 79.6 Å². The number of carbonyl (C=O) groups is 2. The van der Waals surface area contributed by atoms with Crippen molar-refractivity contribution in [3.8, 4) is 0 Å². The zero-order valence-corrected chi connectivity index (χ0v) is 22.7. The number of ether oxygens (including phenoxy) is 1. The first-order valence-electron chi connectivity index (χ1n) is 14.0. The van der Waals surface area contributed by atoms with Gasteiger partial charge in [-0.3, -0.25) is 9.59 Å². The van der Waals surface area contributed by atoms with E-state index >= 15 is 0 Å². The molecule has 5 rings (SSSR count). The summed E-state index contributed by atoms with van der Waals surface area (Å²) in [6.07, 6.45) is 1.21. The van der Waals surface area contributed by atoms with Crippen molar-refractivity contribution in [3.63, 3.8) is 0 Å². The van der Waals surface area contributed by atoms with Gasteiger partial charge in [0.15, 0.2) is 5.78 Å². The van der Waals surface area contributed by atoms with E-state index in [0.29, 0.717) is 37.7 Å². The van der Waals surface area contributed by atoms with Crippen molar-refractivity contribution in [3.05, 3.63) is 11.6 Å². The molecule has 0 radical (unpaired) electrons. The maximum atomic E-state index is 13.3. The van der Waals surface area contributed by atoms with Gasteiger partial charge in [0.2, 0.25) is 0 Å². The molecule has 37 heavy (non-hydrogen) atoms. The van der Waals surface area contributed by atoms with Gasteiger partial charge >= 0.3 is 5.97 Å². The molecule has 0 unspecified atom stereocenters. The van der Waals surface area contributed by atoms with Gasteiger partial charge in [0.1, 0.15) is 6.10 Å². The Balaban J connectivity index is 1.44. The molecule has 1 aliphatic heterocycles. The minimum absolute atomic E-state index is 0.104. The monoisotopic (exact) mass is 520 g/mol. The Kier molecular flexibility index (Phi) is 6.33. The number of esters is 1. The molecule has 1 saturated heterocycles. The second-order valence-corrected chi connectivity index (χ2v) is 13.7. The molecule has 0 aromatic heterocycles. The van der Waals surface area contributed by atoms with Gasteiger partial charge in [-0.25, -0.2) is 0 Å². The maximum Gasteiger partial charge on any atom is 0.309 e. The first-order chi connectivity index (χ1) is 17.1. The number of fused-ring (bicyclic) bond motifs is 5. The predicted molar refractivity (Wildman–Crippen MR) is 134 cm³/mol. The minimum Gasteiger partial charge on any atom is -0.462 e. The highest BCUT2D eigenvalue weighted by Gasteiger charge is 2.69. The van der Waals surface area contributed by atoms with E-state index in [-0.39, 0.29) is 48.5 Å². The average molecular weight is 521 g/mol. The van der Waals surface area contributed by atoms with Gasteiger partial charge in [0.25, 0.3) is 0 Å². The fraction of sp³-hybridized carbons (Fsp3) is 0.862. The van der Waals surface area contributed by atoms with Crippen LogP contribution in [0.15, 0.2) is 11.6 Å². The number of aliphatic hydroxyl groups excluding tert-OH is 3. The zero-order valence-electron chi connectivity index (χ0n) is 22.7. The van der Waals surface area contributed by atoms with E-state index in [9.17, 15) is 35.1 Å². The van der Waals surface area contributed by atoms with E-state index in [1.165, 1.54) is 0 Å². The molecule has 0 aromatic carbocycles. The van der Waals surface area contributed by atoms with E-state index in [1.54, 1.807) is 19.9 Å². The first-order valence-corrected chi connectivity index (χ1v) is 14.0. The second-order valence-electron chi connectivity index (χ2n) is 13.7. The lowest BCUT2D eigenvalue weighted by Gasteiger charge is -2.60. The van der Waals surface area contributed by atoms with Crippen molar-refractivity contribution in [2.24, 2.45) is 40.4 Å². The summed E-state index contributed by atoms with van der Waals surface area (Å²) >= 11 is 0. The quantitative estimate of drug-likeness (QED) is 0.354.